The van der Waals surface area contributed by atoms with Gasteiger partial charge in [-0.1, -0.05) is 6.92 Å². The maximum atomic E-state index is 11.5. The topological polar surface area (TPSA) is 17.1 Å². The number of carbonyl (C=O) groups excluding carboxylic acids is 1. The predicted octanol–water partition coefficient (Wildman–Crippen LogP) is 0.933. The molecule has 1 atom stereocenters. The summed E-state index contributed by atoms with van der Waals surface area (Å²) in [6.07, 6.45) is -0.645. The van der Waals surface area contributed by atoms with Gasteiger partial charge in [0, 0.05) is 0 Å². The Bertz CT molecular complexity index is 44.8. The Labute approximate surface area is 36.2 Å². The van der Waals surface area contributed by atoms with Gasteiger partial charge in [-0.15, -0.1) is 0 Å². The van der Waals surface area contributed by atoms with Crippen molar-refractivity contribution in [3.8, 4) is 0 Å². The van der Waals surface area contributed by atoms with E-state index in [1.54, 1.807) is 6.92 Å². The summed E-state index contributed by atoms with van der Waals surface area (Å²) in [5.41, 5.74) is 0. The lowest BCUT2D eigenvalue weighted by molar-refractivity contribution is -0.112. The number of halogens is 1. The second-order valence-electron chi connectivity index (χ2n) is 1.06. The molecule has 0 unspecified atom stereocenters. The third-order valence-corrected chi connectivity index (χ3v) is 0.538. The van der Waals surface area contributed by atoms with Crippen LogP contribution in [0.2, 0.25) is 0 Å². The van der Waals surface area contributed by atoms with Crippen molar-refractivity contribution in [2.45, 2.75) is 19.5 Å². The van der Waals surface area contributed by atoms with E-state index in [0.29, 0.717) is 12.7 Å². The molecule has 0 saturated heterocycles. The Morgan fingerprint density at radius 1 is 2.00 bits per heavy atom. The highest BCUT2D eigenvalue weighted by atomic mass is 19.1. The van der Waals surface area contributed by atoms with Crippen LogP contribution in [0.3, 0.4) is 0 Å². The number of alkyl halides is 1. The van der Waals surface area contributed by atoms with E-state index in [1.807, 2.05) is 0 Å². The predicted molar refractivity (Wildman–Crippen MR) is 21.3 cm³/mol. The zero-order valence-electron chi connectivity index (χ0n) is 3.65. The van der Waals surface area contributed by atoms with Gasteiger partial charge in [-0.2, -0.15) is 0 Å². The van der Waals surface area contributed by atoms with Crippen LogP contribution in [0, 0.1) is 0 Å². The van der Waals surface area contributed by atoms with Crippen LogP contribution in [0.4, 0.5) is 4.39 Å². The Kier molecular flexibility index (Phi) is 2.63. The van der Waals surface area contributed by atoms with Crippen molar-refractivity contribution in [2.75, 3.05) is 0 Å². The normalized spacial score (nSPS) is 13.7. The van der Waals surface area contributed by atoms with E-state index in [-0.39, 0.29) is 0 Å². The first-order valence-corrected chi connectivity index (χ1v) is 1.90. The molecule has 0 rings (SSSR count). The molecule has 0 aromatic heterocycles. The quantitative estimate of drug-likeness (QED) is 0.461. The molecule has 36 valence electrons. The molecule has 0 amide bonds. The van der Waals surface area contributed by atoms with Gasteiger partial charge in [-0.05, 0) is 6.42 Å². The van der Waals surface area contributed by atoms with Crippen molar-refractivity contribution in [3.05, 3.63) is 0 Å². The zero-order valence-corrected chi connectivity index (χ0v) is 3.65. The Balaban J connectivity index is 2.96. The Morgan fingerprint density at radius 3 is 2.50 bits per heavy atom. The average Bonchev–Trinajstić information content (AvgIpc) is 1.65. The maximum absolute atomic E-state index is 11.5. The monoisotopic (exact) mass is 90.0 g/mol. The molecule has 0 N–H and O–H groups in total. The van der Waals surface area contributed by atoms with Gasteiger partial charge in [0.1, 0.15) is 0 Å². The summed E-state index contributed by atoms with van der Waals surface area (Å²) in [6, 6.07) is 0. The van der Waals surface area contributed by atoms with Crippen molar-refractivity contribution >= 4 is 6.29 Å². The van der Waals surface area contributed by atoms with E-state index < -0.39 is 6.17 Å². The average molecular weight is 90.1 g/mol. The molecule has 0 heterocycles. The summed E-state index contributed by atoms with van der Waals surface area (Å²) in [4.78, 5) is 9.36. The SMILES string of the molecule is CC[C@@H](F)C=O. The summed E-state index contributed by atoms with van der Waals surface area (Å²) in [7, 11) is 0. The first kappa shape index (κ1) is 5.60. The van der Waals surface area contributed by atoms with Gasteiger partial charge in [0.05, 0.1) is 0 Å². The molecule has 0 fully saturated rings. The number of carbonyl (C=O) groups is 1. The standard InChI is InChI=1S/C4H7FO/c1-2-4(5)3-6/h3-4H,2H2,1H3/t4-/m1/s1. The fraction of sp³-hybridized carbons (Fsp3) is 0.750. The summed E-state index contributed by atoms with van der Waals surface area (Å²) in [5.74, 6) is 0. The fourth-order valence-corrected chi connectivity index (χ4v) is 0.0962. The van der Waals surface area contributed by atoms with Crippen molar-refractivity contribution < 1.29 is 9.18 Å². The van der Waals surface area contributed by atoms with E-state index in [9.17, 15) is 9.18 Å². The maximum Gasteiger partial charge on any atom is 0.155 e. The molecular weight excluding hydrogens is 83.0 g/mol. The highest BCUT2D eigenvalue weighted by molar-refractivity contribution is 5.55. The van der Waals surface area contributed by atoms with Gasteiger partial charge < -0.3 is 4.79 Å². The highest BCUT2D eigenvalue weighted by Crippen LogP contribution is 1.88. The first-order chi connectivity index (χ1) is 2.81. The minimum Gasteiger partial charge on any atom is -0.300 e. The number of hydrogen-bond acceptors (Lipinski definition) is 1. The van der Waals surface area contributed by atoms with Gasteiger partial charge in [-0.25, -0.2) is 4.39 Å². The van der Waals surface area contributed by atoms with Gasteiger partial charge in [0.2, 0.25) is 0 Å². The molecule has 0 aliphatic heterocycles. The Morgan fingerprint density at radius 2 is 2.50 bits per heavy atom. The van der Waals surface area contributed by atoms with Crippen LogP contribution in [0.25, 0.3) is 0 Å². The lowest BCUT2D eigenvalue weighted by Gasteiger charge is -1.85. The van der Waals surface area contributed by atoms with E-state index in [2.05, 4.69) is 0 Å². The van der Waals surface area contributed by atoms with Crippen molar-refractivity contribution in [1.29, 1.82) is 0 Å². The molecule has 1 nitrogen and oxygen atoms in total. The second-order valence-corrected chi connectivity index (χ2v) is 1.06. The van der Waals surface area contributed by atoms with Gasteiger partial charge in [-0.3, -0.25) is 0 Å². The van der Waals surface area contributed by atoms with Crippen LogP contribution in [-0.2, 0) is 4.79 Å². The third-order valence-electron chi connectivity index (χ3n) is 0.538. The van der Waals surface area contributed by atoms with E-state index in [0.717, 1.165) is 0 Å². The lowest BCUT2D eigenvalue weighted by atomic mass is 10.3. The first-order valence-electron chi connectivity index (χ1n) is 1.90. The van der Waals surface area contributed by atoms with E-state index in [1.165, 1.54) is 0 Å². The minimum atomic E-state index is -1.25. The molecule has 0 aliphatic carbocycles. The van der Waals surface area contributed by atoms with Gasteiger partial charge in [0.25, 0.3) is 0 Å². The molecule has 2 heteroatoms. The van der Waals surface area contributed by atoms with Crippen LogP contribution in [0.1, 0.15) is 13.3 Å². The third kappa shape index (κ3) is 1.88. The molecule has 0 bridgehead atoms. The minimum absolute atomic E-state index is 0.295. The van der Waals surface area contributed by atoms with E-state index >= 15 is 0 Å². The zero-order chi connectivity index (χ0) is 4.99. The molecule has 0 aliphatic rings. The van der Waals surface area contributed by atoms with Crippen molar-refractivity contribution in [3.63, 3.8) is 0 Å². The number of rotatable bonds is 2. The van der Waals surface area contributed by atoms with Crippen molar-refractivity contribution in [1.82, 2.24) is 0 Å². The molecule has 0 radical (unpaired) electrons. The molecule has 6 heavy (non-hydrogen) atoms. The molecule has 0 aromatic rings. The van der Waals surface area contributed by atoms with Crippen LogP contribution >= 0.6 is 0 Å². The van der Waals surface area contributed by atoms with Crippen LogP contribution in [0.5, 0.6) is 0 Å². The summed E-state index contributed by atoms with van der Waals surface area (Å²) >= 11 is 0. The summed E-state index contributed by atoms with van der Waals surface area (Å²) < 4.78 is 11.5. The lowest BCUT2D eigenvalue weighted by Crippen LogP contribution is -1.95. The van der Waals surface area contributed by atoms with Crippen LogP contribution in [0.15, 0.2) is 0 Å². The van der Waals surface area contributed by atoms with Gasteiger partial charge >= 0.3 is 0 Å². The Hall–Kier alpha value is -0.400. The van der Waals surface area contributed by atoms with Gasteiger partial charge in [0.15, 0.2) is 12.5 Å². The van der Waals surface area contributed by atoms with Crippen molar-refractivity contribution in [2.24, 2.45) is 0 Å². The molecular formula is C4H7FO. The smallest absolute Gasteiger partial charge is 0.155 e. The number of hydrogen-bond donors (Lipinski definition) is 0. The summed E-state index contributed by atoms with van der Waals surface area (Å²) in [6.45, 7) is 1.62. The second kappa shape index (κ2) is 2.82. The summed E-state index contributed by atoms with van der Waals surface area (Å²) in [5, 5.41) is 0. The highest BCUT2D eigenvalue weighted by Gasteiger charge is 1.94. The van der Waals surface area contributed by atoms with E-state index in [4.69, 9.17) is 0 Å². The largest absolute Gasteiger partial charge is 0.300 e. The molecule has 0 saturated carbocycles. The fourth-order valence-electron chi connectivity index (χ4n) is 0.0962. The van der Waals surface area contributed by atoms with Crippen LogP contribution < -0.4 is 0 Å². The molecule has 0 aromatic carbocycles. The number of aldehydes is 1. The molecule has 0 spiro atoms. The van der Waals surface area contributed by atoms with Crippen LogP contribution in [-0.4, -0.2) is 12.5 Å².